The highest BCUT2D eigenvalue weighted by Gasteiger charge is 2.33. The van der Waals surface area contributed by atoms with E-state index in [0.717, 1.165) is 12.1 Å². The molecular weight excluding hydrogens is 581 g/mol. The summed E-state index contributed by atoms with van der Waals surface area (Å²) < 4.78 is 69.9. The van der Waals surface area contributed by atoms with Gasteiger partial charge in [0.2, 0.25) is 0 Å². The number of benzene rings is 2. The van der Waals surface area contributed by atoms with E-state index in [2.05, 4.69) is 26.0 Å². The number of sulfonamides is 1. The Hall–Kier alpha value is -3.01. The lowest BCUT2D eigenvalue weighted by Crippen LogP contribution is -2.28. The zero-order chi connectivity index (χ0) is 26.0. The molecule has 0 fully saturated rings. The van der Waals surface area contributed by atoms with Gasteiger partial charge in [0, 0.05) is 17.1 Å². The molecule has 1 atom stereocenters. The van der Waals surface area contributed by atoms with Crippen molar-refractivity contribution < 1.29 is 46.4 Å². The highest BCUT2D eigenvalue weighted by molar-refractivity contribution is 9.10. The van der Waals surface area contributed by atoms with Gasteiger partial charge in [-0.2, -0.15) is 11.3 Å². The number of halogens is 4. The minimum absolute atomic E-state index is 0.262. The lowest BCUT2D eigenvalue weighted by atomic mass is 10.1. The molecule has 0 saturated carbocycles. The number of amides is 1. The number of hydrogen-bond acceptors (Lipinski definition) is 8. The molecule has 2 aromatic carbocycles. The van der Waals surface area contributed by atoms with Crippen LogP contribution in [0.4, 0.5) is 18.9 Å². The molecule has 35 heavy (non-hydrogen) atoms. The zero-order valence-electron chi connectivity index (χ0n) is 17.2. The SMILES string of the molecule is O=C(NCC(O)c1ccsc1)c1cc(OC(F)(F)F)cc(NS(=O)(=O)c2cc(Br)ccc2O)c1O. The number of anilines is 1. The first kappa shape index (κ1) is 26.6. The van der Waals surface area contributed by atoms with Gasteiger partial charge in [-0.1, -0.05) is 15.9 Å². The van der Waals surface area contributed by atoms with E-state index in [4.69, 9.17) is 0 Å². The van der Waals surface area contributed by atoms with Crippen LogP contribution in [0.1, 0.15) is 22.0 Å². The standard InChI is InChI=1S/C20H16BrF3N2O7S2/c21-11-1-2-15(27)17(5-11)35(31,32)26-14-7-12(33-20(22,23)24)6-13(18(14)29)19(30)25-8-16(28)10-3-4-34-9-10/h1-7,9,16,26-29H,8H2,(H,25,30). The van der Waals surface area contributed by atoms with Gasteiger partial charge in [-0.05, 0) is 46.7 Å². The van der Waals surface area contributed by atoms with Crippen molar-refractivity contribution in [3.8, 4) is 17.2 Å². The fourth-order valence-corrected chi connectivity index (χ4v) is 5.22. The molecule has 1 amide bonds. The third-order valence-corrected chi connectivity index (χ3v) is 6.99. The van der Waals surface area contributed by atoms with Crippen molar-refractivity contribution in [3.05, 3.63) is 62.8 Å². The number of thiophene rings is 1. The number of carbonyl (C=O) groups excluding carboxylic acids is 1. The van der Waals surface area contributed by atoms with Crippen molar-refractivity contribution in [2.75, 3.05) is 11.3 Å². The Labute approximate surface area is 209 Å². The van der Waals surface area contributed by atoms with E-state index in [1.54, 1.807) is 16.8 Å². The van der Waals surface area contributed by atoms with Crippen LogP contribution >= 0.6 is 27.3 Å². The van der Waals surface area contributed by atoms with Crippen molar-refractivity contribution in [1.82, 2.24) is 5.32 Å². The minimum Gasteiger partial charge on any atom is -0.507 e. The Morgan fingerprint density at radius 1 is 1.17 bits per heavy atom. The normalized spacial score (nSPS) is 12.7. The number of nitrogens with one attached hydrogen (secondary N) is 2. The molecule has 0 aliphatic carbocycles. The van der Waals surface area contributed by atoms with E-state index in [-0.39, 0.29) is 11.0 Å². The van der Waals surface area contributed by atoms with Crippen LogP contribution in [0.15, 0.2) is 56.5 Å². The fourth-order valence-electron chi connectivity index (χ4n) is 2.82. The summed E-state index contributed by atoms with van der Waals surface area (Å²) in [6.45, 7) is -0.355. The molecule has 5 N–H and O–H groups in total. The summed E-state index contributed by atoms with van der Waals surface area (Å²) in [6, 6.07) is 6.09. The largest absolute Gasteiger partial charge is 0.573 e. The van der Waals surface area contributed by atoms with Crippen molar-refractivity contribution in [2.24, 2.45) is 0 Å². The van der Waals surface area contributed by atoms with Gasteiger partial charge < -0.3 is 25.4 Å². The van der Waals surface area contributed by atoms with Gasteiger partial charge in [-0.15, -0.1) is 13.2 Å². The van der Waals surface area contributed by atoms with Crippen LogP contribution in [0, 0.1) is 0 Å². The molecule has 0 radical (unpaired) electrons. The molecule has 0 bridgehead atoms. The first-order valence-corrected chi connectivity index (χ1v) is 12.6. The Balaban J connectivity index is 1.96. The number of hydrogen-bond donors (Lipinski definition) is 5. The summed E-state index contributed by atoms with van der Waals surface area (Å²) in [4.78, 5) is 11.9. The van der Waals surface area contributed by atoms with Crippen molar-refractivity contribution >= 4 is 48.9 Å². The number of phenols is 2. The Bertz CT molecular complexity index is 1330. The van der Waals surface area contributed by atoms with Gasteiger partial charge in [0.25, 0.3) is 15.9 Å². The average Bonchev–Trinajstić information content (AvgIpc) is 3.29. The molecule has 3 aromatic rings. The maximum Gasteiger partial charge on any atom is 0.573 e. The monoisotopic (exact) mass is 596 g/mol. The van der Waals surface area contributed by atoms with E-state index >= 15 is 0 Å². The van der Waals surface area contributed by atoms with E-state index in [1.165, 1.54) is 17.4 Å². The van der Waals surface area contributed by atoms with Crippen LogP contribution in [0.25, 0.3) is 0 Å². The second-order valence-electron chi connectivity index (χ2n) is 6.91. The first-order chi connectivity index (χ1) is 16.3. The lowest BCUT2D eigenvalue weighted by molar-refractivity contribution is -0.274. The number of rotatable bonds is 8. The summed E-state index contributed by atoms with van der Waals surface area (Å²) in [5, 5.41) is 36.1. The molecule has 15 heteroatoms. The molecule has 1 aromatic heterocycles. The van der Waals surface area contributed by atoms with Crippen LogP contribution in [-0.4, -0.2) is 42.6 Å². The van der Waals surface area contributed by atoms with Crippen LogP contribution in [0.5, 0.6) is 17.2 Å². The van der Waals surface area contributed by atoms with Crippen molar-refractivity contribution in [3.63, 3.8) is 0 Å². The fraction of sp³-hybridized carbons (Fsp3) is 0.150. The number of aliphatic hydroxyl groups is 1. The quantitative estimate of drug-likeness (QED) is 0.246. The zero-order valence-corrected chi connectivity index (χ0v) is 20.4. The van der Waals surface area contributed by atoms with Crippen LogP contribution in [0.3, 0.4) is 0 Å². The van der Waals surface area contributed by atoms with Crippen LogP contribution < -0.4 is 14.8 Å². The van der Waals surface area contributed by atoms with E-state index in [1.807, 2.05) is 4.72 Å². The minimum atomic E-state index is -5.20. The number of aromatic hydroxyl groups is 2. The molecule has 9 nitrogen and oxygen atoms in total. The maximum absolute atomic E-state index is 12.8. The van der Waals surface area contributed by atoms with E-state index in [9.17, 15) is 41.7 Å². The third-order valence-electron chi connectivity index (χ3n) is 4.40. The van der Waals surface area contributed by atoms with Crippen LogP contribution in [0.2, 0.25) is 0 Å². The average molecular weight is 597 g/mol. The summed E-state index contributed by atoms with van der Waals surface area (Å²) in [7, 11) is -4.64. The number of carbonyl (C=O) groups is 1. The van der Waals surface area contributed by atoms with Gasteiger partial charge in [-0.25, -0.2) is 8.42 Å². The summed E-state index contributed by atoms with van der Waals surface area (Å²) in [5.74, 6) is -3.81. The Morgan fingerprint density at radius 2 is 1.89 bits per heavy atom. The van der Waals surface area contributed by atoms with Gasteiger partial charge >= 0.3 is 6.36 Å². The van der Waals surface area contributed by atoms with Crippen molar-refractivity contribution in [1.29, 1.82) is 0 Å². The first-order valence-electron chi connectivity index (χ1n) is 9.39. The smallest absolute Gasteiger partial charge is 0.507 e. The van der Waals surface area contributed by atoms with E-state index < -0.39 is 61.8 Å². The molecule has 0 aliphatic rings. The van der Waals surface area contributed by atoms with Gasteiger partial charge in [0.05, 0.1) is 17.4 Å². The second kappa shape index (κ2) is 10.3. The summed E-state index contributed by atoms with van der Waals surface area (Å²) >= 11 is 4.33. The molecule has 1 heterocycles. The molecule has 188 valence electrons. The molecule has 0 spiro atoms. The molecular formula is C20H16BrF3N2O7S2. The number of phenolic OH excluding ortho intramolecular Hbond substituents is 2. The topological polar surface area (TPSA) is 145 Å². The van der Waals surface area contributed by atoms with Crippen molar-refractivity contribution in [2.45, 2.75) is 17.4 Å². The molecule has 0 saturated heterocycles. The number of aliphatic hydroxyl groups excluding tert-OH is 1. The molecule has 1 unspecified atom stereocenters. The van der Waals surface area contributed by atoms with Gasteiger partial charge in [0.15, 0.2) is 5.75 Å². The van der Waals surface area contributed by atoms with Gasteiger partial charge in [-0.3, -0.25) is 9.52 Å². The van der Waals surface area contributed by atoms with E-state index in [0.29, 0.717) is 17.7 Å². The summed E-state index contributed by atoms with van der Waals surface area (Å²) in [6.07, 6.45) is -6.34. The Morgan fingerprint density at radius 3 is 2.51 bits per heavy atom. The second-order valence-corrected chi connectivity index (χ2v) is 10.3. The third kappa shape index (κ3) is 6.78. The molecule has 3 rings (SSSR count). The Kier molecular flexibility index (Phi) is 7.83. The summed E-state index contributed by atoms with van der Waals surface area (Å²) in [5.41, 5.74) is -1.11. The highest BCUT2D eigenvalue weighted by atomic mass is 79.9. The number of alkyl halides is 3. The van der Waals surface area contributed by atoms with Gasteiger partial charge in [0.1, 0.15) is 16.4 Å². The molecule has 0 aliphatic heterocycles. The highest BCUT2D eigenvalue weighted by Crippen LogP contribution is 2.37. The predicted octanol–water partition coefficient (Wildman–Crippen LogP) is 4.08. The maximum atomic E-state index is 12.8. The predicted molar refractivity (Wildman–Crippen MR) is 123 cm³/mol. The lowest BCUT2D eigenvalue weighted by Gasteiger charge is -2.17. The number of ether oxygens (including phenoxy) is 1. The van der Waals surface area contributed by atoms with Crippen LogP contribution in [-0.2, 0) is 10.0 Å².